The number of aryl methyl sites for hydroxylation is 1. The predicted octanol–water partition coefficient (Wildman–Crippen LogP) is 3.83. The normalized spacial score (nSPS) is 12.8. The molecule has 3 rings (SSSR count). The molecule has 1 aromatic heterocycles. The molecule has 162 valence electrons. The molecule has 0 saturated heterocycles. The fourth-order valence-electron chi connectivity index (χ4n) is 3.35. The monoisotopic (exact) mass is 421 g/mol. The first kappa shape index (κ1) is 22.1. The number of hydrogen-bond acceptors (Lipinski definition) is 6. The summed E-state index contributed by atoms with van der Waals surface area (Å²) in [5, 5.41) is 3.21. The second kappa shape index (κ2) is 9.93. The van der Waals surface area contributed by atoms with Gasteiger partial charge in [-0.2, -0.15) is 0 Å². The highest BCUT2D eigenvalue weighted by Gasteiger charge is 2.38. The highest BCUT2D eigenvalue weighted by Crippen LogP contribution is 2.28. The van der Waals surface area contributed by atoms with Crippen molar-refractivity contribution in [2.24, 2.45) is 7.05 Å². The van der Waals surface area contributed by atoms with Crippen LogP contribution in [0.25, 0.3) is 0 Å². The third-order valence-electron chi connectivity index (χ3n) is 4.83. The van der Waals surface area contributed by atoms with E-state index in [-0.39, 0.29) is 17.7 Å². The molecule has 0 bridgehead atoms. The van der Waals surface area contributed by atoms with E-state index in [4.69, 9.17) is 9.47 Å². The van der Waals surface area contributed by atoms with Crippen LogP contribution in [0.15, 0.2) is 67.0 Å². The summed E-state index contributed by atoms with van der Waals surface area (Å²) in [6.45, 7) is 3.56. The number of methoxy groups -OCH3 is 1. The highest BCUT2D eigenvalue weighted by atomic mass is 16.5. The molecule has 7 heteroatoms. The van der Waals surface area contributed by atoms with Crippen LogP contribution in [0.5, 0.6) is 5.75 Å². The minimum absolute atomic E-state index is 0.271. The molecule has 1 N–H and O–H groups in total. The molecule has 0 aliphatic carbocycles. The van der Waals surface area contributed by atoms with Gasteiger partial charge in [0.25, 0.3) is 0 Å². The van der Waals surface area contributed by atoms with Crippen LogP contribution in [-0.4, -0.2) is 40.6 Å². The standard InChI is InChI=1S/C24H27N3O4/c1-16(2)31-24(29)21(26-18-10-12-19(30-4)13-11-18)20(17-8-6-5-7-9-17)22(28)23-25-14-15-27(23)3/h5-16,20-21,26H,1-4H3/t20-,21-/m0/s1. The summed E-state index contributed by atoms with van der Waals surface area (Å²) in [7, 11) is 3.34. The Morgan fingerprint density at radius 3 is 2.26 bits per heavy atom. The summed E-state index contributed by atoms with van der Waals surface area (Å²) < 4.78 is 12.4. The largest absolute Gasteiger partial charge is 0.497 e. The number of rotatable bonds is 9. The van der Waals surface area contributed by atoms with Crippen LogP contribution < -0.4 is 10.1 Å². The second-order valence-electron chi connectivity index (χ2n) is 7.45. The van der Waals surface area contributed by atoms with E-state index in [9.17, 15) is 9.59 Å². The van der Waals surface area contributed by atoms with E-state index in [1.54, 1.807) is 69.2 Å². The van der Waals surface area contributed by atoms with E-state index >= 15 is 0 Å². The summed E-state index contributed by atoms with van der Waals surface area (Å²) >= 11 is 0. The SMILES string of the molecule is COc1ccc(N[C@H](C(=O)OC(C)C)[C@@H](C(=O)c2nccn2C)c2ccccc2)cc1. The lowest BCUT2D eigenvalue weighted by atomic mass is 9.86. The summed E-state index contributed by atoms with van der Waals surface area (Å²) in [6, 6.07) is 15.4. The maximum absolute atomic E-state index is 13.6. The number of carbonyl (C=O) groups excluding carboxylic acids is 2. The lowest BCUT2D eigenvalue weighted by molar-refractivity contribution is -0.148. The Labute approximate surface area is 182 Å². The Morgan fingerprint density at radius 2 is 1.71 bits per heavy atom. The van der Waals surface area contributed by atoms with Gasteiger partial charge in [-0.25, -0.2) is 9.78 Å². The van der Waals surface area contributed by atoms with Crippen molar-refractivity contribution in [2.75, 3.05) is 12.4 Å². The Kier molecular flexibility index (Phi) is 7.07. The number of anilines is 1. The lowest BCUT2D eigenvalue weighted by Gasteiger charge is -2.27. The van der Waals surface area contributed by atoms with E-state index in [0.717, 1.165) is 0 Å². The van der Waals surface area contributed by atoms with Gasteiger partial charge in [-0.05, 0) is 43.7 Å². The number of nitrogens with one attached hydrogen (secondary N) is 1. The Hall–Kier alpha value is -3.61. The molecule has 0 spiro atoms. The second-order valence-corrected chi connectivity index (χ2v) is 7.45. The van der Waals surface area contributed by atoms with Gasteiger partial charge in [-0.15, -0.1) is 0 Å². The van der Waals surface area contributed by atoms with Crippen LogP contribution in [0.2, 0.25) is 0 Å². The number of Topliss-reactive ketones (excluding diaryl/α,β-unsaturated/α-hetero) is 1. The molecular weight excluding hydrogens is 394 g/mol. The number of benzene rings is 2. The van der Waals surface area contributed by atoms with Crippen molar-refractivity contribution in [1.82, 2.24) is 9.55 Å². The molecule has 0 fully saturated rings. The molecule has 0 aliphatic rings. The van der Waals surface area contributed by atoms with Crippen molar-refractivity contribution < 1.29 is 19.1 Å². The quantitative estimate of drug-likeness (QED) is 0.418. The van der Waals surface area contributed by atoms with Crippen molar-refractivity contribution in [3.63, 3.8) is 0 Å². The molecular formula is C24H27N3O4. The van der Waals surface area contributed by atoms with Gasteiger partial charge in [0.15, 0.2) is 5.82 Å². The van der Waals surface area contributed by atoms with Crippen molar-refractivity contribution in [1.29, 1.82) is 0 Å². The molecule has 2 aromatic carbocycles. The number of ketones is 1. The van der Waals surface area contributed by atoms with Crippen molar-refractivity contribution in [3.8, 4) is 5.75 Å². The fourth-order valence-corrected chi connectivity index (χ4v) is 3.35. The maximum atomic E-state index is 13.6. The number of aromatic nitrogens is 2. The predicted molar refractivity (Wildman–Crippen MR) is 118 cm³/mol. The minimum Gasteiger partial charge on any atom is -0.497 e. The minimum atomic E-state index is -0.956. The van der Waals surface area contributed by atoms with Crippen molar-refractivity contribution in [3.05, 3.63) is 78.4 Å². The molecule has 0 aliphatic heterocycles. The smallest absolute Gasteiger partial charge is 0.329 e. The van der Waals surface area contributed by atoms with E-state index in [0.29, 0.717) is 17.0 Å². The van der Waals surface area contributed by atoms with Crippen molar-refractivity contribution in [2.45, 2.75) is 31.9 Å². The fraction of sp³-hybridized carbons (Fsp3) is 0.292. The van der Waals surface area contributed by atoms with Gasteiger partial charge < -0.3 is 19.4 Å². The molecule has 31 heavy (non-hydrogen) atoms. The van der Waals surface area contributed by atoms with E-state index < -0.39 is 17.9 Å². The first-order chi connectivity index (χ1) is 14.9. The molecule has 0 unspecified atom stereocenters. The van der Waals surface area contributed by atoms with Crippen LogP contribution in [0.4, 0.5) is 5.69 Å². The van der Waals surface area contributed by atoms with Crippen LogP contribution in [0, 0.1) is 0 Å². The zero-order valence-corrected chi connectivity index (χ0v) is 18.1. The van der Waals surface area contributed by atoms with E-state index in [2.05, 4.69) is 10.3 Å². The van der Waals surface area contributed by atoms with Crippen LogP contribution in [-0.2, 0) is 16.6 Å². The highest BCUT2D eigenvalue weighted by molar-refractivity contribution is 6.02. The number of hydrogen-bond donors (Lipinski definition) is 1. The number of ether oxygens (including phenoxy) is 2. The number of esters is 1. The van der Waals surface area contributed by atoms with Gasteiger partial charge >= 0.3 is 5.97 Å². The van der Waals surface area contributed by atoms with Crippen molar-refractivity contribution >= 4 is 17.4 Å². The van der Waals surface area contributed by atoms with Crippen LogP contribution >= 0.6 is 0 Å². The number of carbonyl (C=O) groups is 2. The Balaban J connectivity index is 2.05. The van der Waals surface area contributed by atoms with Gasteiger partial charge in [0, 0.05) is 25.1 Å². The Morgan fingerprint density at radius 1 is 1.03 bits per heavy atom. The summed E-state index contributed by atoms with van der Waals surface area (Å²) in [5.74, 6) is -0.661. The summed E-state index contributed by atoms with van der Waals surface area (Å²) in [5.41, 5.74) is 1.36. The summed E-state index contributed by atoms with van der Waals surface area (Å²) in [6.07, 6.45) is 2.94. The molecule has 3 aromatic rings. The maximum Gasteiger partial charge on any atom is 0.329 e. The van der Waals surface area contributed by atoms with Gasteiger partial charge in [0.1, 0.15) is 11.8 Å². The Bertz CT molecular complexity index is 1010. The molecule has 1 heterocycles. The van der Waals surface area contributed by atoms with Crippen LogP contribution in [0.3, 0.4) is 0 Å². The molecule has 0 amide bonds. The average molecular weight is 421 g/mol. The van der Waals surface area contributed by atoms with Gasteiger partial charge in [-0.1, -0.05) is 30.3 Å². The van der Waals surface area contributed by atoms with Gasteiger partial charge in [0.2, 0.25) is 5.78 Å². The first-order valence-electron chi connectivity index (χ1n) is 10.1. The van der Waals surface area contributed by atoms with Crippen LogP contribution in [0.1, 0.15) is 35.9 Å². The average Bonchev–Trinajstić information content (AvgIpc) is 3.19. The van der Waals surface area contributed by atoms with Gasteiger partial charge in [0.05, 0.1) is 19.1 Å². The molecule has 0 radical (unpaired) electrons. The molecule has 2 atom stereocenters. The van der Waals surface area contributed by atoms with E-state index in [1.807, 2.05) is 30.3 Å². The molecule has 0 saturated carbocycles. The zero-order chi connectivity index (χ0) is 22.4. The van der Waals surface area contributed by atoms with E-state index in [1.165, 1.54) is 0 Å². The lowest BCUT2D eigenvalue weighted by Crippen LogP contribution is -2.42. The van der Waals surface area contributed by atoms with Gasteiger partial charge in [-0.3, -0.25) is 4.79 Å². The topological polar surface area (TPSA) is 82.4 Å². The first-order valence-corrected chi connectivity index (χ1v) is 10.1. The zero-order valence-electron chi connectivity index (χ0n) is 18.1. The molecule has 7 nitrogen and oxygen atoms in total. The third-order valence-corrected chi connectivity index (χ3v) is 4.83. The third kappa shape index (κ3) is 5.31. The number of imidazole rings is 1. The summed E-state index contributed by atoms with van der Waals surface area (Å²) in [4.78, 5) is 31.0. The number of nitrogens with zero attached hydrogens (tertiary/aromatic N) is 2.